The Morgan fingerprint density at radius 3 is 2.33 bits per heavy atom. The van der Waals surface area contributed by atoms with E-state index in [9.17, 15) is 13.2 Å². The van der Waals surface area contributed by atoms with Gasteiger partial charge in [-0.25, -0.2) is 0 Å². The van der Waals surface area contributed by atoms with Gasteiger partial charge in [-0.15, -0.1) is 13.2 Å². The van der Waals surface area contributed by atoms with Gasteiger partial charge in [0.05, 0.1) is 10.7 Å². The van der Waals surface area contributed by atoms with Gasteiger partial charge in [0.2, 0.25) is 0 Å². The van der Waals surface area contributed by atoms with Crippen LogP contribution >= 0.6 is 27.5 Å². The quantitative estimate of drug-likeness (QED) is 0.744. The smallest absolute Gasteiger partial charge is 0.406 e. The number of halogens is 5. The SMILES string of the molecule is FC(F)(F)Oc1ccc(CNc2ccc(Br)cc2Cl)cc1. The molecule has 1 N–H and O–H groups in total. The first-order valence-electron chi connectivity index (χ1n) is 5.87. The summed E-state index contributed by atoms with van der Waals surface area (Å²) in [5.74, 6) is -0.243. The van der Waals surface area contributed by atoms with Gasteiger partial charge in [0.25, 0.3) is 0 Å². The highest BCUT2D eigenvalue weighted by Gasteiger charge is 2.30. The first-order valence-corrected chi connectivity index (χ1v) is 7.04. The zero-order valence-corrected chi connectivity index (χ0v) is 12.9. The minimum absolute atomic E-state index is 0.243. The van der Waals surface area contributed by atoms with E-state index >= 15 is 0 Å². The lowest BCUT2D eigenvalue weighted by atomic mass is 10.2. The lowest BCUT2D eigenvalue weighted by molar-refractivity contribution is -0.274. The average molecular weight is 381 g/mol. The molecule has 0 aromatic heterocycles. The third-order valence-electron chi connectivity index (χ3n) is 2.57. The van der Waals surface area contributed by atoms with Crippen LogP contribution in [-0.4, -0.2) is 6.36 Å². The van der Waals surface area contributed by atoms with Gasteiger partial charge in [0, 0.05) is 11.0 Å². The van der Waals surface area contributed by atoms with E-state index in [1.165, 1.54) is 12.1 Å². The molecule has 0 aliphatic carbocycles. The van der Waals surface area contributed by atoms with Crippen molar-refractivity contribution in [3.8, 4) is 5.75 Å². The lowest BCUT2D eigenvalue weighted by Crippen LogP contribution is -2.17. The number of alkyl halides is 3. The van der Waals surface area contributed by atoms with Gasteiger partial charge in [0.1, 0.15) is 5.75 Å². The average Bonchev–Trinajstić information content (AvgIpc) is 2.38. The molecule has 0 aliphatic rings. The summed E-state index contributed by atoms with van der Waals surface area (Å²) in [6.45, 7) is 0.438. The molecule has 0 heterocycles. The summed E-state index contributed by atoms with van der Waals surface area (Å²) in [6.07, 6.45) is -4.68. The van der Waals surface area contributed by atoms with Crippen molar-refractivity contribution in [2.24, 2.45) is 0 Å². The van der Waals surface area contributed by atoms with E-state index in [0.717, 1.165) is 15.7 Å². The number of hydrogen-bond acceptors (Lipinski definition) is 2. The van der Waals surface area contributed by atoms with Crippen molar-refractivity contribution >= 4 is 33.2 Å². The molecular weight excluding hydrogens is 371 g/mol. The van der Waals surface area contributed by atoms with Crippen molar-refractivity contribution < 1.29 is 17.9 Å². The van der Waals surface area contributed by atoms with Crippen LogP contribution < -0.4 is 10.1 Å². The van der Waals surface area contributed by atoms with Crippen LogP contribution in [-0.2, 0) is 6.54 Å². The third-order valence-corrected chi connectivity index (χ3v) is 3.38. The van der Waals surface area contributed by atoms with E-state index in [-0.39, 0.29) is 5.75 Å². The second kappa shape index (κ2) is 6.58. The van der Waals surface area contributed by atoms with Crippen molar-refractivity contribution in [3.63, 3.8) is 0 Å². The van der Waals surface area contributed by atoms with Gasteiger partial charge in [-0.3, -0.25) is 0 Å². The van der Waals surface area contributed by atoms with Crippen LogP contribution in [0.1, 0.15) is 5.56 Å². The maximum Gasteiger partial charge on any atom is 0.573 e. The normalized spacial score (nSPS) is 11.3. The molecule has 0 unspecified atom stereocenters. The van der Waals surface area contributed by atoms with Crippen molar-refractivity contribution in [1.29, 1.82) is 0 Å². The molecule has 21 heavy (non-hydrogen) atoms. The molecule has 0 amide bonds. The molecule has 2 rings (SSSR count). The lowest BCUT2D eigenvalue weighted by Gasteiger charge is -2.11. The Morgan fingerprint density at radius 1 is 1.10 bits per heavy atom. The summed E-state index contributed by atoms with van der Waals surface area (Å²) in [7, 11) is 0. The molecule has 0 saturated carbocycles. The summed E-state index contributed by atoms with van der Waals surface area (Å²) in [6, 6.07) is 11.1. The van der Waals surface area contributed by atoms with E-state index in [1.54, 1.807) is 18.2 Å². The minimum atomic E-state index is -4.68. The Hall–Kier alpha value is -1.40. The maximum atomic E-state index is 12.0. The molecule has 2 aromatic rings. The maximum absolute atomic E-state index is 12.0. The number of ether oxygens (including phenoxy) is 1. The third kappa shape index (κ3) is 5.13. The Morgan fingerprint density at radius 2 is 1.76 bits per heavy atom. The molecule has 2 aromatic carbocycles. The number of rotatable bonds is 4. The molecule has 2 nitrogen and oxygen atoms in total. The van der Waals surface area contributed by atoms with Gasteiger partial charge in [-0.1, -0.05) is 39.7 Å². The van der Waals surface area contributed by atoms with Crippen LogP contribution in [0.4, 0.5) is 18.9 Å². The summed E-state index contributed by atoms with van der Waals surface area (Å²) in [4.78, 5) is 0. The first-order chi connectivity index (χ1) is 9.83. The fraction of sp³-hybridized carbons (Fsp3) is 0.143. The number of anilines is 1. The molecule has 112 valence electrons. The highest BCUT2D eigenvalue weighted by molar-refractivity contribution is 9.10. The molecule has 0 spiro atoms. The van der Waals surface area contributed by atoms with E-state index in [0.29, 0.717) is 11.6 Å². The fourth-order valence-corrected chi connectivity index (χ4v) is 2.38. The van der Waals surface area contributed by atoms with Crippen LogP contribution in [0.2, 0.25) is 5.02 Å². The molecule has 0 fully saturated rings. The topological polar surface area (TPSA) is 21.3 Å². The molecular formula is C14H10BrClF3NO. The van der Waals surface area contributed by atoms with Crippen LogP contribution in [0.15, 0.2) is 46.9 Å². The van der Waals surface area contributed by atoms with Gasteiger partial charge in [0.15, 0.2) is 0 Å². The van der Waals surface area contributed by atoms with Gasteiger partial charge >= 0.3 is 6.36 Å². The number of nitrogens with one attached hydrogen (secondary N) is 1. The molecule has 7 heteroatoms. The Bertz CT molecular complexity index is 617. The predicted molar refractivity (Wildman–Crippen MR) is 79.6 cm³/mol. The Balaban J connectivity index is 1.97. The van der Waals surface area contributed by atoms with Crippen molar-refractivity contribution in [2.45, 2.75) is 12.9 Å². The second-order valence-electron chi connectivity index (χ2n) is 4.17. The van der Waals surface area contributed by atoms with Crippen LogP contribution in [0, 0.1) is 0 Å². The zero-order chi connectivity index (χ0) is 15.5. The van der Waals surface area contributed by atoms with Crippen LogP contribution in [0.3, 0.4) is 0 Å². The van der Waals surface area contributed by atoms with Crippen LogP contribution in [0.25, 0.3) is 0 Å². The van der Waals surface area contributed by atoms with Crippen molar-refractivity contribution in [2.75, 3.05) is 5.32 Å². The van der Waals surface area contributed by atoms with E-state index in [2.05, 4.69) is 26.0 Å². The molecule has 0 atom stereocenters. The highest BCUT2D eigenvalue weighted by Crippen LogP contribution is 2.27. The Labute approximate surface area is 133 Å². The standard InChI is InChI=1S/C14H10BrClF3NO/c15-10-3-6-13(12(16)7-10)20-8-9-1-4-11(5-2-9)21-14(17,18)19/h1-7,20H,8H2. The van der Waals surface area contributed by atoms with Crippen LogP contribution in [0.5, 0.6) is 5.75 Å². The van der Waals surface area contributed by atoms with Gasteiger partial charge < -0.3 is 10.1 Å². The second-order valence-corrected chi connectivity index (χ2v) is 5.49. The van der Waals surface area contributed by atoms with E-state index in [4.69, 9.17) is 11.6 Å². The summed E-state index contributed by atoms with van der Waals surface area (Å²) >= 11 is 9.36. The van der Waals surface area contributed by atoms with E-state index < -0.39 is 6.36 Å². The minimum Gasteiger partial charge on any atom is -0.406 e. The summed E-state index contributed by atoms with van der Waals surface area (Å²) in [5.41, 5.74) is 1.55. The highest BCUT2D eigenvalue weighted by atomic mass is 79.9. The van der Waals surface area contributed by atoms with E-state index in [1.807, 2.05) is 12.1 Å². The molecule has 0 aliphatic heterocycles. The molecule has 0 saturated heterocycles. The first kappa shape index (κ1) is 16.0. The summed E-state index contributed by atoms with van der Waals surface area (Å²) in [5, 5.41) is 3.67. The predicted octanol–water partition coefficient (Wildman–Crippen LogP) is 5.61. The number of benzene rings is 2. The van der Waals surface area contributed by atoms with Crippen molar-refractivity contribution in [3.05, 3.63) is 57.5 Å². The van der Waals surface area contributed by atoms with Gasteiger partial charge in [-0.05, 0) is 35.9 Å². The largest absolute Gasteiger partial charge is 0.573 e. The van der Waals surface area contributed by atoms with Gasteiger partial charge in [-0.2, -0.15) is 0 Å². The fourth-order valence-electron chi connectivity index (χ4n) is 1.64. The molecule has 0 bridgehead atoms. The summed E-state index contributed by atoms with van der Waals surface area (Å²) < 4.78 is 40.8. The Kier molecular flexibility index (Phi) is 5.00. The molecule has 0 radical (unpaired) electrons. The van der Waals surface area contributed by atoms with Crippen molar-refractivity contribution in [1.82, 2.24) is 0 Å². The number of hydrogen-bond donors (Lipinski definition) is 1. The zero-order valence-electron chi connectivity index (χ0n) is 10.5. The monoisotopic (exact) mass is 379 g/mol.